The van der Waals surface area contributed by atoms with Gasteiger partial charge in [-0.25, -0.2) is 19.7 Å². The van der Waals surface area contributed by atoms with Crippen LogP contribution in [0.3, 0.4) is 0 Å². The fourth-order valence-corrected chi connectivity index (χ4v) is 3.47. The highest BCUT2D eigenvalue weighted by Gasteiger charge is 2.27. The molecule has 0 spiro atoms. The van der Waals surface area contributed by atoms with E-state index in [0.29, 0.717) is 22.6 Å². The Morgan fingerprint density at radius 1 is 1.00 bits per heavy atom. The van der Waals surface area contributed by atoms with Gasteiger partial charge in [0.15, 0.2) is 5.82 Å². The minimum absolute atomic E-state index is 0.0658. The predicted molar refractivity (Wildman–Crippen MR) is 117 cm³/mol. The first-order chi connectivity index (χ1) is 16.2. The molecule has 0 atom stereocenters. The molecule has 4 rings (SSSR count). The summed E-state index contributed by atoms with van der Waals surface area (Å²) in [5.41, 5.74) is 3.74. The van der Waals surface area contributed by atoms with Crippen LogP contribution in [-0.4, -0.2) is 44.4 Å². The second-order valence-electron chi connectivity index (χ2n) is 7.60. The van der Waals surface area contributed by atoms with Crippen molar-refractivity contribution in [3.8, 4) is 22.6 Å². The second-order valence-corrected chi connectivity index (χ2v) is 7.60. The fourth-order valence-electron chi connectivity index (χ4n) is 3.47. The molecule has 0 amide bonds. The van der Waals surface area contributed by atoms with Crippen molar-refractivity contribution >= 4 is 17.4 Å². The van der Waals surface area contributed by atoms with E-state index in [1.54, 1.807) is 42.7 Å². The molecule has 10 heteroatoms. The molecule has 0 aliphatic carbocycles. The first-order valence-electron chi connectivity index (χ1n) is 10.3. The van der Waals surface area contributed by atoms with Gasteiger partial charge in [-0.3, -0.25) is 9.20 Å². The van der Waals surface area contributed by atoms with Gasteiger partial charge in [0.1, 0.15) is 11.4 Å². The topological polar surface area (TPSA) is 86.5 Å². The number of benzene rings is 1. The molecule has 4 aromatic rings. The molecule has 0 aliphatic rings. The molecular formula is C24H19F3N4O3. The van der Waals surface area contributed by atoms with Crippen LogP contribution in [0, 0.1) is 0 Å². The number of ketones is 1. The van der Waals surface area contributed by atoms with Gasteiger partial charge in [0.2, 0.25) is 0 Å². The fraction of sp³-hybridized carbons (Fsp3) is 0.208. The second kappa shape index (κ2) is 9.42. The summed E-state index contributed by atoms with van der Waals surface area (Å²) in [5.74, 6) is -0.571. The summed E-state index contributed by atoms with van der Waals surface area (Å²) in [7, 11) is 1.28. The molecule has 1 aromatic carbocycles. The average molecular weight is 468 g/mol. The number of aromatic nitrogens is 4. The Morgan fingerprint density at radius 3 is 2.47 bits per heavy atom. The lowest BCUT2D eigenvalue weighted by atomic mass is 10.0. The van der Waals surface area contributed by atoms with Gasteiger partial charge < -0.3 is 4.74 Å². The van der Waals surface area contributed by atoms with Crippen molar-refractivity contribution in [2.24, 2.45) is 0 Å². The van der Waals surface area contributed by atoms with Crippen molar-refractivity contribution in [2.75, 3.05) is 7.11 Å². The van der Waals surface area contributed by atoms with Gasteiger partial charge in [-0.2, -0.15) is 13.2 Å². The average Bonchev–Trinajstić information content (AvgIpc) is 3.25. The van der Waals surface area contributed by atoms with Gasteiger partial charge in [-0.15, -0.1) is 0 Å². The van der Waals surface area contributed by atoms with Crippen LogP contribution in [0.4, 0.5) is 13.2 Å². The first kappa shape index (κ1) is 23.1. The van der Waals surface area contributed by atoms with Crippen LogP contribution < -0.4 is 0 Å². The maximum absolute atomic E-state index is 12.4. The molecule has 0 fully saturated rings. The molecule has 0 radical (unpaired) electrons. The number of hydrogen-bond acceptors (Lipinski definition) is 6. The number of hydrogen-bond donors (Lipinski definition) is 0. The first-order valence-corrected chi connectivity index (χ1v) is 10.3. The number of pyridine rings is 1. The number of methoxy groups -OCH3 is 1. The number of nitrogens with zero attached hydrogens (tertiary/aromatic N) is 4. The van der Waals surface area contributed by atoms with E-state index in [1.807, 2.05) is 10.5 Å². The van der Waals surface area contributed by atoms with E-state index in [-0.39, 0.29) is 12.0 Å². The molecule has 0 saturated heterocycles. The summed E-state index contributed by atoms with van der Waals surface area (Å²) in [6, 6.07) is 10.7. The lowest BCUT2D eigenvalue weighted by Crippen LogP contribution is -2.12. The van der Waals surface area contributed by atoms with Crippen LogP contribution in [0.2, 0.25) is 0 Å². The van der Waals surface area contributed by atoms with Crippen LogP contribution in [0.15, 0.2) is 61.2 Å². The van der Waals surface area contributed by atoms with Crippen molar-refractivity contribution < 1.29 is 27.5 Å². The molecule has 7 nitrogen and oxygen atoms in total. The summed E-state index contributed by atoms with van der Waals surface area (Å²) >= 11 is 0. The van der Waals surface area contributed by atoms with E-state index >= 15 is 0 Å². The molecule has 0 aliphatic heterocycles. The lowest BCUT2D eigenvalue weighted by Gasteiger charge is -2.08. The lowest BCUT2D eigenvalue weighted by molar-refractivity contribution is -0.143. The number of imidazole rings is 1. The molecule has 34 heavy (non-hydrogen) atoms. The number of carbonyl (C=O) groups is 2. The molecular weight excluding hydrogens is 449 g/mol. The van der Waals surface area contributed by atoms with Crippen molar-refractivity contribution in [3.63, 3.8) is 0 Å². The van der Waals surface area contributed by atoms with Gasteiger partial charge in [0.25, 0.3) is 0 Å². The van der Waals surface area contributed by atoms with Gasteiger partial charge >= 0.3 is 12.1 Å². The van der Waals surface area contributed by atoms with Crippen LogP contribution >= 0.6 is 0 Å². The van der Waals surface area contributed by atoms with E-state index in [0.717, 1.165) is 11.3 Å². The van der Waals surface area contributed by atoms with Crippen LogP contribution in [-0.2, 0) is 16.0 Å². The molecule has 0 unspecified atom stereocenters. The summed E-state index contributed by atoms with van der Waals surface area (Å²) in [4.78, 5) is 36.4. The third kappa shape index (κ3) is 5.28. The molecule has 0 saturated carbocycles. The third-order valence-corrected chi connectivity index (χ3v) is 5.16. The van der Waals surface area contributed by atoms with E-state index < -0.39 is 30.8 Å². The molecule has 3 heterocycles. The Hall–Kier alpha value is -4.08. The van der Waals surface area contributed by atoms with Crippen molar-refractivity contribution in [1.29, 1.82) is 0 Å². The minimum atomic E-state index is -4.35. The van der Waals surface area contributed by atoms with Gasteiger partial charge in [-0.05, 0) is 23.8 Å². The minimum Gasteiger partial charge on any atom is -0.465 e. The van der Waals surface area contributed by atoms with Crippen molar-refractivity contribution in [1.82, 2.24) is 19.4 Å². The largest absolute Gasteiger partial charge is 0.465 e. The zero-order valence-electron chi connectivity index (χ0n) is 18.0. The zero-order valence-corrected chi connectivity index (χ0v) is 18.0. The number of alkyl halides is 3. The standard InChI is InChI=1S/C24H19F3N4O3/c1-34-23(33)18-12-29-22(30-13-18)17-6-8-31-20(14-28-21(31)11-17)16-4-2-3-15(9-16)10-19(32)5-7-24(25,26)27/h2-4,6,8-9,11-14H,5,7,10H2,1H3. The molecule has 174 valence electrons. The summed E-state index contributed by atoms with van der Waals surface area (Å²) in [6.07, 6.45) is 0.181. The van der Waals surface area contributed by atoms with E-state index in [2.05, 4.69) is 19.7 Å². The number of Topliss-reactive ketones (excluding diaryl/α,β-unsaturated/α-hetero) is 1. The molecule has 0 N–H and O–H groups in total. The quantitative estimate of drug-likeness (QED) is 0.366. The van der Waals surface area contributed by atoms with Gasteiger partial charge in [-0.1, -0.05) is 18.2 Å². The zero-order chi connectivity index (χ0) is 24.3. The summed E-state index contributed by atoms with van der Waals surface area (Å²) in [6.45, 7) is 0. The highest BCUT2D eigenvalue weighted by molar-refractivity contribution is 5.88. The number of carbonyl (C=O) groups excluding carboxylic acids is 2. The Morgan fingerprint density at radius 2 is 1.76 bits per heavy atom. The Labute approximate surface area is 192 Å². The highest BCUT2D eigenvalue weighted by Crippen LogP contribution is 2.26. The SMILES string of the molecule is COC(=O)c1cnc(-c2ccn3c(-c4cccc(CC(=O)CCC(F)(F)F)c4)cnc3c2)nc1. The highest BCUT2D eigenvalue weighted by atomic mass is 19.4. The summed E-state index contributed by atoms with van der Waals surface area (Å²) in [5, 5.41) is 0. The van der Waals surface area contributed by atoms with Crippen molar-refractivity contribution in [2.45, 2.75) is 25.4 Å². The van der Waals surface area contributed by atoms with Crippen LogP contribution in [0.25, 0.3) is 28.3 Å². The number of ether oxygens (including phenoxy) is 1. The smallest absolute Gasteiger partial charge is 0.389 e. The normalized spacial score (nSPS) is 11.5. The van der Waals surface area contributed by atoms with Gasteiger partial charge in [0.05, 0.1) is 31.0 Å². The molecule has 0 bridgehead atoms. The van der Waals surface area contributed by atoms with E-state index in [1.165, 1.54) is 19.5 Å². The monoisotopic (exact) mass is 468 g/mol. The van der Waals surface area contributed by atoms with E-state index in [4.69, 9.17) is 0 Å². The Kier molecular flexibility index (Phi) is 6.40. The Balaban J connectivity index is 1.55. The van der Waals surface area contributed by atoms with Gasteiger partial charge in [0, 0.05) is 42.6 Å². The number of rotatable bonds is 7. The number of fused-ring (bicyclic) bond motifs is 1. The van der Waals surface area contributed by atoms with Crippen LogP contribution in [0.5, 0.6) is 0 Å². The maximum Gasteiger partial charge on any atom is 0.389 e. The van der Waals surface area contributed by atoms with Crippen molar-refractivity contribution in [3.05, 3.63) is 72.3 Å². The molecule has 3 aromatic heterocycles. The Bertz CT molecular complexity index is 1350. The summed E-state index contributed by atoms with van der Waals surface area (Å²) < 4.78 is 43.6. The predicted octanol–water partition coefficient (Wildman–Crippen LogP) is 4.70. The number of esters is 1. The maximum atomic E-state index is 12.4. The number of halogens is 3. The van der Waals surface area contributed by atoms with E-state index in [9.17, 15) is 22.8 Å². The van der Waals surface area contributed by atoms with Crippen LogP contribution in [0.1, 0.15) is 28.8 Å². The third-order valence-electron chi connectivity index (χ3n) is 5.16.